The highest BCUT2D eigenvalue weighted by molar-refractivity contribution is 5.90. The maximum atomic E-state index is 11.7. The van der Waals surface area contributed by atoms with E-state index in [0.717, 1.165) is 41.2 Å². The molecule has 1 aliphatic carbocycles. The van der Waals surface area contributed by atoms with Gasteiger partial charge in [0.15, 0.2) is 5.69 Å². The Hall–Kier alpha value is -3.02. The number of carboxylic acids is 1. The van der Waals surface area contributed by atoms with Gasteiger partial charge in [-0.15, -0.1) is 0 Å². The zero-order chi connectivity index (χ0) is 17.1. The first-order valence-electron chi connectivity index (χ1n) is 8.38. The Morgan fingerprint density at radius 3 is 2.84 bits per heavy atom. The minimum Gasteiger partial charge on any atom is -0.476 e. The highest BCUT2D eigenvalue weighted by Crippen LogP contribution is 2.43. The Kier molecular flexibility index (Phi) is 2.86. The fraction of sp³-hybridized carbons (Fsp3) is 0.263. The molecule has 0 saturated heterocycles. The molecule has 0 bridgehead atoms. The normalized spacial score (nSPS) is 15.1. The number of aromatic carboxylic acids is 1. The summed E-state index contributed by atoms with van der Waals surface area (Å²) in [6.45, 7) is 2.06. The van der Waals surface area contributed by atoms with Crippen LogP contribution in [-0.2, 0) is 6.42 Å². The summed E-state index contributed by atoms with van der Waals surface area (Å²) in [4.78, 5) is 24.8. The monoisotopic (exact) mass is 332 g/mol. The lowest BCUT2D eigenvalue weighted by molar-refractivity contribution is 0.0689. The van der Waals surface area contributed by atoms with Crippen LogP contribution in [-0.4, -0.2) is 30.6 Å². The molecule has 6 nitrogen and oxygen atoms in total. The lowest BCUT2D eigenvalue weighted by Crippen LogP contribution is -2.09. The van der Waals surface area contributed by atoms with Gasteiger partial charge in [0.25, 0.3) is 0 Å². The predicted molar refractivity (Wildman–Crippen MR) is 91.1 cm³/mol. The van der Waals surface area contributed by atoms with E-state index in [0.29, 0.717) is 23.6 Å². The lowest BCUT2D eigenvalue weighted by atomic mass is 10.00. The maximum Gasteiger partial charge on any atom is 0.354 e. The summed E-state index contributed by atoms with van der Waals surface area (Å²) in [5, 5.41) is 9.56. The molecule has 2 aliphatic rings. The van der Waals surface area contributed by atoms with Crippen LogP contribution in [0.4, 0.5) is 0 Å². The number of imidazole rings is 1. The van der Waals surface area contributed by atoms with E-state index in [-0.39, 0.29) is 5.69 Å². The van der Waals surface area contributed by atoms with Crippen molar-refractivity contribution in [3.63, 3.8) is 0 Å². The van der Waals surface area contributed by atoms with E-state index in [4.69, 9.17) is 0 Å². The molecule has 3 heterocycles. The molecule has 5 rings (SSSR count). The van der Waals surface area contributed by atoms with E-state index >= 15 is 0 Å². The van der Waals surface area contributed by atoms with E-state index in [1.807, 2.05) is 18.3 Å². The van der Waals surface area contributed by atoms with Crippen LogP contribution in [0.15, 0.2) is 30.7 Å². The number of fused-ring (bicyclic) bond motifs is 5. The molecule has 3 aromatic rings. The first-order chi connectivity index (χ1) is 12.1. The molecule has 0 unspecified atom stereocenters. The standard InChI is InChI=1S/C19H16N4O2/c1-10-2-5-13-15(6-10)23-12(8-20-18(23)11-3-4-11)7-14-16(13)21-9-22-17(14)19(24)25/h2,5-6,8-9,11H,3-4,7H2,1H3,(H,24,25). The Morgan fingerprint density at radius 2 is 2.08 bits per heavy atom. The Bertz CT molecular complexity index is 1030. The molecule has 2 aromatic heterocycles. The van der Waals surface area contributed by atoms with Crippen LogP contribution in [0, 0.1) is 6.92 Å². The van der Waals surface area contributed by atoms with Gasteiger partial charge in [0.2, 0.25) is 0 Å². The highest BCUT2D eigenvalue weighted by atomic mass is 16.4. The van der Waals surface area contributed by atoms with E-state index in [1.165, 1.54) is 6.33 Å². The number of hydrogen-bond donors (Lipinski definition) is 1. The van der Waals surface area contributed by atoms with Crippen LogP contribution in [0.25, 0.3) is 16.9 Å². The molecule has 1 N–H and O–H groups in total. The molecule has 124 valence electrons. The van der Waals surface area contributed by atoms with Crippen molar-refractivity contribution in [2.45, 2.75) is 32.1 Å². The SMILES string of the molecule is Cc1ccc2c(c1)-n1c(cnc1C1CC1)Cc1c(C(=O)O)ncnc1-2. The second kappa shape index (κ2) is 4.99. The maximum absolute atomic E-state index is 11.7. The average molecular weight is 332 g/mol. The molecule has 1 fully saturated rings. The van der Waals surface area contributed by atoms with Crippen LogP contribution < -0.4 is 0 Å². The van der Waals surface area contributed by atoms with E-state index in [1.54, 1.807) is 0 Å². The molecule has 0 spiro atoms. The van der Waals surface area contributed by atoms with Gasteiger partial charge in [0.1, 0.15) is 12.2 Å². The number of aryl methyl sites for hydroxylation is 1. The zero-order valence-electron chi connectivity index (χ0n) is 13.7. The van der Waals surface area contributed by atoms with Crippen LogP contribution >= 0.6 is 0 Å². The summed E-state index contributed by atoms with van der Waals surface area (Å²) in [5.74, 6) is 0.538. The van der Waals surface area contributed by atoms with Crippen molar-refractivity contribution >= 4 is 5.97 Å². The van der Waals surface area contributed by atoms with Crippen molar-refractivity contribution in [3.8, 4) is 16.9 Å². The van der Waals surface area contributed by atoms with Gasteiger partial charge in [-0.2, -0.15) is 0 Å². The number of benzene rings is 1. The van der Waals surface area contributed by atoms with Crippen molar-refractivity contribution in [2.75, 3.05) is 0 Å². The average Bonchev–Trinajstić information content (AvgIpc) is 3.37. The zero-order valence-corrected chi connectivity index (χ0v) is 13.7. The quantitative estimate of drug-likeness (QED) is 0.610. The third-order valence-corrected chi connectivity index (χ3v) is 4.96. The molecular weight excluding hydrogens is 316 g/mol. The summed E-state index contributed by atoms with van der Waals surface area (Å²) in [5.41, 5.74) is 5.53. The minimum absolute atomic E-state index is 0.0687. The fourth-order valence-corrected chi connectivity index (χ4v) is 3.64. The Morgan fingerprint density at radius 1 is 1.24 bits per heavy atom. The number of rotatable bonds is 2. The second-order valence-electron chi connectivity index (χ2n) is 6.77. The molecule has 25 heavy (non-hydrogen) atoms. The van der Waals surface area contributed by atoms with Crippen molar-refractivity contribution in [2.24, 2.45) is 0 Å². The molecule has 6 heteroatoms. The third-order valence-electron chi connectivity index (χ3n) is 4.96. The van der Waals surface area contributed by atoms with Gasteiger partial charge in [0, 0.05) is 35.4 Å². The summed E-state index contributed by atoms with van der Waals surface area (Å²) in [6.07, 6.45) is 5.99. The summed E-state index contributed by atoms with van der Waals surface area (Å²) >= 11 is 0. The first kappa shape index (κ1) is 14.3. The fourth-order valence-electron chi connectivity index (χ4n) is 3.64. The van der Waals surface area contributed by atoms with Crippen molar-refractivity contribution in [1.29, 1.82) is 0 Å². The topological polar surface area (TPSA) is 80.9 Å². The second-order valence-corrected chi connectivity index (χ2v) is 6.77. The van der Waals surface area contributed by atoms with Crippen molar-refractivity contribution in [3.05, 3.63) is 59.1 Å². The Labute approximate surface area is 144 Å². The molecular formula is C19H16N4O2. The summed E-state index contributed by atoms with van der Waals surface area (Å²) < 4.78 is 2.20. The summed E-state index contributed by atoms with van der Waals surface area (Å²) in [6, 6.07) is 6.18. The molecule has 0 atom stereocenters. The number of hydrogen-bond acceptors (Lipinski definition) is 4. The third kappa shape index (κ3) is 2.10. The smallest absolute Gasteiger partial charge is 0.354 e. The van der Waals surface area contributed by atoms with Crippen LogP contribution in [0.3, 0.4) is 0 Å². The van der Waals surface area contributed by atoms with E-state index < -0.39 is 5.97 Å². The van der Waals surface area contributed by atoms with Crippen LogP contribution in [0.2, 0.25) is 0 Å². The van der Waals surface area contributed by atoms with Crippen molar-refractivity contribution in [1.82, 2.24) is 19.5 Å². The largest absolute Gasteiger partial charge is 0.476 e. The highest BCUT2D eigenvalue weighted by Gasteiger charge is 2.33. The van der Waals surface area contributed by atoms with E-state index in [2.05, 4.69) is 32.5 Å². The number of aromatic nitrogens is 4. The van der Waals surface area contributed by atoms with Gasteiger partial charge in [0.05, 0.1) is 11.4 Å². The molecule has 0 amide bonds. The number of carboxylic acid groups (broad SMARTS) is 1. The minimum atomic E-state index is -1.03. The molecule has 1 aromatic carbocycles. The number of nitrogens with zero attached hydrogens (tertiary/aromatic N) is 4. The predicted octanol–water partition coefficient (Wildman–Crippen LogP) is 3.12. The van der Waals surface area contributed by atoms with Crippen LogP contribution in [0.5, 0.6) is 0 Å². The van der Waals surface area contributed by atoms with Crippen molar-refractivity contribution < 1.29 is 9.90 Å². The number of carbonyl (C=O) groups is 1. The van der Waals surface area contributed by atoms with Gasteiger partial charge in [-0.05, 0) is 31.4 Å². The van der Waals surface area contributed by atoms with E-state index in [9.17, 15) is 9.90 Å². The van der Waals surface area contributed by atoms with Crippen LogP contribution in [0.1, 0.15) is 51.9 Å². The lowest BCUT2D eigenvalue weighted by Gasteiger charge is -2.14. The molecule has 1 aliphatic heterocycles. The van der Waals surface area contributed by atoms with Gasteiger partial charge in [-0.3, -0.25) is 4.57 Å². The molecule has 0 radical (unpaired) electrons. The van der Waals surface area contributed by atoms with Gasteiger partial charge in [-0.1, -0.05) is 12.1 Å². The molecule has 1 saturated carbocycles. The Balaban J connectivity index is 1.87. The van der Waals surface area contributed by atoms with Gasteiger partial charge in [-0.25, -0.2) is 19.7 Å². The first-order valence-corrected chi connectivity index (χ1v) is 8.38. The summed E-state index contributed by atoms with van der Waals surface area (Å²) in [7, 11) is 0. The van der Waals surface area contributed by atoms with Gasteiger partial charge >= 0.3 is 5.97 Å². The van der Waals surface area contributed by atoms with Gasteiger partial charge < -0.3 is 5.11 Å².